The van der Waals surface area contributed by atoms with Crippen molar-refractivity contribution in [1.82, 2.24) is 0 Å². The van der Waals surface area contributed by atoms with E-state index in [4.69, 9.17) is 14.2 Å². The Morgan fingerprint density at radius 1 is 0.355 bits per heavy atom. The molecule has 0 fully saturated rings. The third kappa shape index (κ3) is 47.6. The minimum Gasteiger partial charge on any atom is -0.462 e. The maximum Gasteiger partial charge on any atom is 0.310 e. The second-order valence-electron chi connectivity index (χ2n) is 16.7. The summed E-state index contributed by atoms with van der Waals surface area (Å²) in [5, 5.41) is 0. The summed E-state index contributed by atoms with van der Waals surface area (Å²) in [5.41, 5.74) is 0. The van der Waals surface area contributed by atoms with E-state index in [0.29, 0.717) is 12.8 Å². The molecule has 0 rings (SSSR count). The van der Waals surface area contributed by atoms with Gasteiger partial charge in [-0.05, 0) is 89.9 Å². The molecule has 0 aromatic rings. The molecule has 6 nitrogen and oxygen atoms in total. The number of ether oxygens (including phenoxy) is 3. The summed E-state index contributed by atoms with van der Waals surface area (Å²) < 4.78 is 16.7. The van der Waals surface area contributed by atoms with Crippen LogP contribution in [-0.4, -0.2) is 37.2 Å². The van der Waals surface area contributed by atoms with Crippen molar-refractivity contribution in [3.63, 3.8) is 0 Å². The van der Waals surface area contributed by atoms with Gasteiger partial charge >= 0.3 is 17.9 Å². The van der Waals surface area contributed by atoms with Gasteiger partial charge in [0.05, 0.1) is 6.42 Å². The number of rotatable bonds is 45. The quantitative estimate of drug-likeness (QED) is 0.0263. The van der Waals surface area contributed by atoms with Crippen LogP contribution in [0, 0.1) is 0 Å². The van der Waals surface area contributed by atoms with Gasteiger partial charge in [0.15, 0.2) is 6.10 Å². The number of unbranched alkanes of at least 4 members (excludes halogenated alkanes) is 21. The Morgan fingerprint density at radius 3 is 1.10 bits per heavy atom. The van der Waals surface area contributed by atoms with Gasteiger partial charge in [-0.15, -0.1) is 0 Å². The average molecular weight is 863 g/mol. The van der Waals surface area contributed by atoms with Crippen molar-refractivity contribution in [1.29, 1.82) is 0 Å². The lowest BCUT2D eigenvalue weighted by molar-refractivity contribution is -0.166. The zero-order chi connectivity index (χ0) is 45.1. The molecule has 354 valence electrons. The highest BCUT2D eigenvalue weighted by atomic mass is 16.6. The van der Waals surface area contributed by atoms with Gasteiger partial charge < -0.3 is 14.2 Å². The zero-order valence-electron chi connectivity index (χ0n) is 40.4. The molecule has 0 saturated carbocycles. The van der Waals surface area contributed by atoms with Crippen LogP contribution in [0.1, 0.15) is 233 Å². The fourth-order valence-electron chi connectivity index (χ4n) is 6.79. The number of allylic oxidation sites excluding steroid dienone is 13. The van der Waals surface area contributed by atoms with Crippen molar-refractivity contribution in [2.75, 3.05) is 13.2 Å². The Balaban J connectivity index is 4.48. The molecule has 0 aliphatic carbocycles. The molecule has 0 aromatic heterocycles. The minimum absolute atomic E-state index is 0.0937. The molecule has 0 aliphatic heterocycles. The maximum absolute atomic E-state index is 12.7. The summed E-state index contributed by atoms with van der Waals surface area (Å²) in [4.78, 5) is 37.9. The molecule has 0 N–H and O–H groups in total. The Labute approximate surface area is 382 Å². The van der Waals surface area contributed by atoms with Gasteiger partial charge in [-0.1, -0.05) is 209 Å². The zero-order valence-corrected chi connectivity index (χ0v) is 40.4. The highest BCUT2D eigenvalue weighted by Gasteiger charge is 2.19. The van der Waals surface area contributed by atoms with Gasteiger partial charge in [-0.3, -0.25) is 14.4 Å². The smallest absolute Gasteiger partial charge is 0.310 e. The van der Waals surface area contributed by atoms with E-state index < -0.39 is 12.1 Å². The first-order chi connectivity index (χ1) is 30.5. The van der Waals surface area contributed by atoms with Gasteiger partial charge in [0, 0.05) is 12.8 Å². The average Bonchev–Trinajstić information content (AvgIpc) is 3.27. The Morgan fingerprint density at radius 2 is 0.694 bits per heavy atom. The number of hydrogen-bond donors (Lipinski definition) is 0. The monoisotopic (exact) mass is 863 g/mol. The number of carbonyl (C=O) groups is 3. The molecule has 0 heterocycles. The van der Waals surface area contributed by atoms with Crippen LogP contribution in [0.2, 0.25) is 0 Å². The Bertz CT molecular complexity index is 1220. The lowest BCUT2D eigenvalue weighted by Gasteiger charge is -2.18. The van der Waals surface area contributed by atoms with E-state index in [1.807, 2.05) is 6.08 Å². The summed E-state index contributed by atoms with van der Waals surface area (Å²) in [6, 6.07) is 0. The van der Waals surface area contributed by atoms with E-state index in [1.165, 1.54) is 109 Å². The highest BCUT2D eigenvalue weighted by molar-refractivity contribution is 5.72. The van der Waals surface area contributed by atoms with Crippen LogP contribution in [0.4, 0.5) is 0 Å². The van der Waals surface area contributed by atoms with Gasteiger partial charge in [0.2, 0.25) is 0 Å². The van der Waals surface area contributed by atoms with Crippen molar-refractivity contribution in [3.05, 3.63) is 85.1 Å². The summed E-state index contributed by atoms with van der Waals surface area (Å²) in [7, 11) is 0. The third-order valence-corrected chi connectivity index (χ3v) is 10.6. The van der Waals surface area contributed by atoms with E-state index in [9.17, 15) is 14.4 Å². The van der Waals surface area contributed by atoms with Crippen molar-refractivity contribution < 1.29 is 28.6 Å². The largest absolute Gasteiger partial charge is 0.462 e. The normalized spacial score (nSPS) is 12.8. The predicted octanol–water partition coefficient (Wildman–Crippen LogP) is 16.8. The third-order valence-electron chi connectivity index (χ3n) is 10.6. The van der Waals surface area contributed by atoms with Gasteiger partial charge in [-0.25, -0.2) is 0 Å². The molecule has 1 unspecified atom stereocenters. The van der Waals surface area contributed by atoms with E-state index in [-0.39, 0.29) is 31.6 Å². The summed E-state index contributed by atoms with van der Waals surface area (Å²) in [5.74, 6) is -1.07. The first kappa shape index (κ1) is 58.6. The second-order valence-corrected chi connectivity index (χ2v) is 16.7. The van der Waals surface area contributed by atoms with Crippen molar-refractivity contribution >= 4 is 17.9 Å². The highest BCUT2D eigenvalue weighted by Crippen LogP contribution is 2.13. The molecule has 1 atom stereocenters. The van der Waals surface area contributed by atoms with Crippen LogP contribution < -0.4 is 0 Å². The van der Waals surface area contributed by atoms with E-state index in [0.717, 1.165) is 83.5 Å². The molecule has 62 heavy (non-hydrogen) atoms. The van der Waals surface area contributed by atoms with Crippen LogP contribution >= 0.6 is 0 Å². The van der Waals surface area contributed by atoms with Crippen molar-refractivity contribution in [3.8, 4) is 0 Å². The molecular formula is C56H94O6. The Hall–Kier alpha value is -3.41. The lowest BCUT2D eigenvalue weighted by atomic mass is 10.1. The van der Waals surface area contributed by atoms with Gasteiger partial charge in [0.1, 0.15) is 13.2 Å². The molecule has 0 radical (unpaired) electrons. The van der Waals surface area contributed by atoms with Crippen LogP contribution in [0.25, 0.3) is 0 Å². The summed E-state index contributed by atoms with van der Waals surface area (Å²) >= 11 is 0. The number of esters is 3. The first-order valence-electron chi connectivity index (χ1n) is 25.6. The number of hydrogen-bond acceptors (Lipinski definition) is 6. The summed E-state index contributed by atoms with van der Waals surface area (Å²) in [6.45, 7) is 6.38. The van der Waals surface area contributed by atoms with E-state index in [1.54, 1.807) is 6.08 Å². The molecule has 0 aliphatic rings. The lowest BCUT2D eigenvalue weighted by Crippen LogP contribution is -2.30. The molecular weight excluding hydrogens is 769 g/mol. The maximum atomic E-state index is 12.7. The summed E-state index contributed by atoms with van der Waals surface area (Å²) in [6.07, 6.45) is 64.5. The van der Waals surface area contributed by atoms with Crippen molar-refractivity contribution in [2.45, 2.75) is 239 Å². The first-order valence-corrected chi connectivity index (χ1v) is 25.6. The van der Waals surface area contributed by atoms with Crippen LogP contribution in [0.15, 0.2) is 85.1 Å². The molecule has 0 spiro atoms. The van der Waals surface area contributed by atoms with Crippen molar-refractivity contribution in [2.24, 2.45) is 0 Å². The number of carbonyl (C=O) groups excluding carboxylic acids is 3. The SMILES string of the molecule is CC/C=C\C/C=C\C/C=C\C/C=C\C/C=C\CC(=O)OC(COC(=O)CCCCCCC/C=C\CCCC)COC(=O)CCCCCCCCC/C=C\CCCCCCCCC. The predicted molar refractivity (Wildman–Crippen MR) is 265 cm³/mol. The van der Waals surface area contributed by atoms with Gasteiger partial charge in [0.25, 0.3) is 0 Å². The van der Waals surface area contributed by atoms with Crippen LogP contribution in [0.5, 0.6) is 0 Å². The fourth-order valence-corrected chi connectivity index (χ4v) is 6.79. The molecule has 6 heteroatoms. The molecule has 0 amide bonds. The molecule has 0 aromatic carbocycles. The minimum atomic E-state index is -0.835. The Kier molecular flexibility index (Phi) is 47.5. The topological polar surface area (TPSA) is 78.9 Å². The van der Waals surface area contributed by atoms with E-state index in [2.05, 4.69) is 93.7 Å². The second kappa shape index (κ2) is 50.2. The molecule has 0 bridgehead atoms. The molecule has 0 saturated heterocycles. The van der Waals surface area contributed by atoms with Crippen LogP contribution in [-0.2, 0) is 28.6 Å². The fraction of sp³-hybridized carbons (Fsp3) is 0.696. The van der Waals surface area contributed by atoms with Gasteiger partial charge in [-0.2, -0.15) is 0 Å². The van der Waals surface area contributed by atoms with Crippen LogP contribution in [0.3, 0.4) is 0 Å². The standard InChI is InChI=1S/C56H94O6/c1-4-7-10-13-16-19-22-24-26-27-28-30-31-34-37-40-43-46-49-55(58)61-52-53(51-60-54(57)48-45-42-39-36-33-21-18-15-12-9-6-3)62-56(59)50-47-44-41-38-35-32-29-25-23-20-17-14-11-8-5-2/h8,11,15,17-18,20,25-27,29,35,38,44,47,53H,4-7,9-10,12-14,16,19,21-24,28,30-34,36-37,39-43,45-46,48-52H2,1-3H3/b11-8-,18-15-,20-17-,27-26-,29-25-,38-35-,47-44-. The van der Waals surface area contributed by atoms with E-state index >= 15 is 0 Å².